The molecule has 0 radical (unpaired) electrons. The fraction of sp³-hybridized carbons (Fsp3) is 0.0714. The first-order valence-electron chi connectivity index (χ1n) is 13.7. The van der Waals surface area contributed by atoms with E-state index in [9.17, 15) is 61.5 Å². The van der Waals surface area contributed by atoms with Gasteiger partial charge in [0.2, 0.25) is 0 Å². The van der Waals surface area contributed by atoms with E-state index in [-0.39, 0.29) is 21.9 Å². The second-order valence-corrected chi connectivity index (χ2v) is 16.9. The lowest BCUT2D eigenvalue weighted by atomic mass is 10.0. The average molecular weight is 768 g/mol. The van der Waals surface area contributed by atoms with Crippen LogP contribution in [0.4, 0.5) is 27.5 Å². The maximum atomic E-state index is 14.8. The van der Waals surface area contributed by atoms with E-state index in [1.54, 1.807) is 0 Å². The van der Waals surface area contributed by atoms with Gasteiger partial charge < -0.3 is 15.2 Å². The lowest BCUT2D eigenvalue weighted by Crippen LogP contribution is -2.48. The number of rotatable bonds is 5. The van der Waals surface area contributed by atoms with E-state index in [4.69, 9.17) is 0 Å². The Hall–Kier alpha value is -4.78. The molecule has 7 bridgehead atoms. The number of amides is 3. The smallest absolute Gasteiger partial charge is 0.343 e. The third-order valence-electron chi connectivity index (χ3n) is 8.18. The van der Waals surface area contributed by atoms with Gasteiger partial charge >= 0.3 is 32.2 Å². The molecule has 22 heteroatoms. The first-order valence-corrected chi connectivity index (χ1v) is 19.4. The predicted molar refractivity (Wildman–Crippen MR) is 177 cm³/mol. The van der Waals surface area contributed by atoms with Crippen LogP contribution >= 0.6 is 0 Å². The van der Waals surface area contributed by atoms with Gasteiger partial charge in [0.05, 0.1) is 18.4 Å². The molecule has 2 aliphatic rings. The highest BCUT2D eigenvalue weighted by molar-refractivity contribution is 7.86. The summed E-state index contributed by atoms with van der Waals surface area (Å²) >= 11 is 0. The molecule has 4 aromatic carbocycles. The molecule has 7 rings (SSSR count). The molecule has 0 aliphatic carbocycles. The molecule has 1 unspecified atom stereocenters. The van der Waals surface area contributed by atoms with Crippen LogP contribution in [0.5, 0.6) is 0 Å². The Morgan fingerprint density at radius 3 is 1.68 bits per heavy atom. The van der Waals surface area contributed by atoms with Gasteiger partial charge in [0.1, 0.15) is 15.5 Å². The second-order valence-electron chi connectivity index (χ2n) is 11.3. The van der Waals surface area contributed by atoms with Gasteiger partial charge in [-0.1, -0.05) is 6.07 Å². The lowest BCUT2D eigenvalue weighted by Gasteiger charge is -2.34. The Balaban J connectivity index is 1.98. The first kappa shape index (κ1) is 35.1. The summed E-state index contributed by atoms with van der Waals surface area (Å²) in [6.45, 7) is 0. The zero-order valence-corrected chi connectivity index (χ0v) is 28.5. The molecule has 6 N–H and O–H groups in total. The van der Waals surface area contributed by atoms with Crippen molar-refractivity contribution in [3.8, 4) is 0 Å². The standard InChI is InChI=1S/C28H22N4O14S4/c1-31-7-3-4-20(31)27(33)32(2)21-10-15-9-19(23(48(38,39)40)11-16(15)12-25(21)50(44,45)46)30-28(34)29-18-8-14-5-6-22(47(35,36)37)26(32)17(14)13-24(18)49(41,42)43/h3-13H,1-2H3,(H5-,29,30,34,35,36,37,38,39,40,41,42,43,44,45,46)/p+1. The van der Waals surface area contributed by atoms with Crippen molar-refractivity contribution in [2.24, 2.45) is 7.05 Å². The maximum absolute atomic E-state index is 14.8. The van der Waals surface area contributed by atoms with Crippen LogP contribution in [0.3, 0.4) is 0 Å². The largest absolute Gasteiger partial charge is 0.372 e. The van der Waals surface area contributed by atoms with Gasteiger partial charge in [0, 0.05) is 24.7 Å². The molecule has 2 aliphatic heterocycles. The number of urea groups is 1. The van der Waals surface area contributed by atoms with Crippen LogP contribution < -0.4 is 15.1 Å². The highest BCUT2D eigenvalue weighted by atomic mass is 32.2. The molecule has 50 heavy (non-hydrogen) atoms. The Kier molecular flexibility index (Phi) is 7.79. The number of hydrogen-bond donors (Lipinski definition) is 6. The number of hydrogen-bond acceptors (Lipinski definition) is 10. The van der Waals surface area contributed by atoms with Gasteiger partial charge in [-0.25, -0.2) is 9.59 Å². The average Bonchev–Trinajstić information content (AvgIpc) is 3.41. The number of nitrogens with one attached hydrogen (secondary N) is 2. The molecule has 3 amide bonds. The minimum absolute atomic E-state index is 0.135. The Morgan fingerprint density at radius 1 is 0.660 bits per heavy atom. The Bertz CT molecular complexity index is 2830. The SMILES string of the molecule is Cn1cccc1C(=O)[N+]1(C)c2cc3cc(c(S(=O)(=O)O)cc3cc2S(=O)(=O)O)NC(=O)Nc2cc3ccc(S(=O)(=O)O)c1c3cc2S(=O)(=O)O. The van der Waals surface area contributed by atoms with Gasteiger partial charge in [0.15, 0.2) is 21.2 Å². The molecule has 0 spiro atoms. The van der Waals surface area contributed by atoms with E-state index in [1.807, 2.05) is 0 Å². The molecule has 0 fully saturated rings. The van der Waals surface area contributed by atoms with Crippen molar-refractivity contribution >= 4 is 96.7 Å². The van der Waals surface area contributed by atoms with Crippen molar-refractivity contribution in [2.75, 3.05) is 17.7 Å². The third-order valence-corrected chi connectivity index (χ3v) is 11.7. The monoisotopic (exact) mass is 767 g/mol. The van der Waals surface area contributed by atoms with Crippen molar-refractivity contribution < 1.29 is 61.5 Å². The van der Waals surface area contributed by atoms with E-state index < -0.39 is 105 Å². The van der Waals surface area contributed by atoms with E-state index in [2.05, 4.69) is 10.6 Å². The van der Waals surface area contributed by atoms with Crippen LogP contribution in [0.1, 0.15) is 10.5 Å². The molecule has 0 saturated heterocycles. The number of anilines is 2. The van der Waals surface area contributed by atoms with Crippen LogP contribution in [0, 0.1) is 0 Å². The van der Waals surface area contributed by atoms with E-state index in [0.717, 1.165) is 49.5 Å². The van der Waals surface area contributed by atoms with Crippen molar-refractivity contribution in [3.63, 3.8) is 0 Å². The topological polar surface area (TPSA) is 281 Å². The predicted octanol–water partition coefficient (Wildman–Crippen LogP) is 3.38. The third kappa shape index (κ3) is 5.70. The maximum Gasteiger partial charge on any atom is 0.372 e. The normalized spacial score (nSPS) is 17.0. The van der Waals surface area contributed by atoms with Gasteiger partial charge in [-0.3, -0.25) is 18.2 Å². The number of fused-ring (bicyclic) bond motifs is 3. The van der Waals surface area contributed by atoms with Gasteiger partial charge in [-0.2, -0.15) is 38.2 Å². The van der Waals surface area contributed by atoms with Crippen LogP contribution in [-0.2, 0) is 47.5 Å². The highest BCUT2D eigenvalue weighted by Crippen LogP contribution is 2.49. The molecular weight excluding hydrogens is 745 g/mol. The number of carbonyl (C=O) groups is 2. The number of nitrogens with zero attached hydrogens (tertiary/aromatic N) is 2. The first-order chi connectivity index (χ1) is 22.9. The van der Waals surface area contributed by atoms with Crippen LogP contribution in [0.2, 0.25) is 0 Å². The van der Waals surface area contributed by atoms with Gasteiger partial charge in [0.25, 0.3) is 20.2 Å². The zero-order chi connectivity index (χ0) is 36.9. The highest BCUT2D eigenvalue weighted by Gasteiger charge is 2.48. The minimum Gasteiger partial charge on any atom is -0.343 e. The quantitative estimate of drug-likeness (QED) is 0.110. The summed E-state index contributed by atoms with van der Waals surface area (Å²) in [5.74, 6) is -1.11. The van der Waals surface area contributed by atoms with Crippen LogP contribution in [-0.4, -0.2) is 75.4 Å². The molecule has 1 aromatic heterocycles. The molecule has 5 aromatic rings. The summed E-state index contributed by atoms with van der Waals surface area (Å²) in [6.07, 6.45) is 1.42. The number of quaternary nitrogens is 1. The van der Waals surface area contributed by atoms with Crippen molar-refractivity contribution in [1.82, 2.24) is 9.05 Å². The molecule has 1 atom stereocenters. The Morgan fingerprint density at radius 2 is 1.16 bits per heavy atom. The fourth-order valence-corrected chi connectivity index (χ4v) is 8.86. The van der Waals surface area contributed by atoms with E-state index in [1.165, 1.54) is 29.9 Å². The van der Waals surface area contributed by atoms with Crippen LogP contribution in [0.15, 0.2) is 86.4 Å². The molecule has 262 valence electrons. The Labute approximate surface area is 283 Å². The molecular formula is C28H23N4O14S4+. The number of aromatic nitrogens is 1. The summed E-state index contributed by atoms with van der Waals surface area (Å²) in [7, 11) is -19.0. The number of carbonyl (C=O) groups excluding carboxylic acids is 2. The van der Waals surface area contributed by atoms with E-state index >= 15 is 0 Å². The zero-order valence-electron chi connectivity index (χ0n) is 25.2. The fourth-order valence-electron chi connectivity index (χ4n) is 5.98. The van der Waals surface area contributed by atoms with Crippen molar-refractivity contribution in [2.45, 2.75) is 19.6 Å². The van der Waals surface area contributed by atoms with E-state index in [0.29, 0.717) is 6.07 Å². The van der Waals surface area contributed by atoms with Gasteiger partial charge in [-0.15, -0.1) is 0 Å². The molecule has 3 heterocycles. The second kappa shape index (κ2) is 11.1. The van der Waals surface area contributed by atoms with Gasteiger partial charge in [-0.05, 0) is 64.7 Å². The van der Waals surface area contributed by atoms with Crippen molar-refractivity contribution in [3.05, 3.63) is 72.6 Å². The summed E-state index contributed by atoms with van der Waals surface area (Å²) in [4.78, 5) is 23.8. The summed E-state index contributed by atoms with van der Waals surface area (Å²) in [6, 6.07) is 8.21. The number of aryl methyl sites for hydroxylation is 1. The van der Waals surface area contributed by atoms with Crippen LogP contribution in [0.25, 0.3) is 21.5 Å². The molecule has 18 nitrogen and oxygen atoms in total. The summed E-state index contributed by atoms with van der Waals surface area (Å²) < 4.78 is 143. The minimum atomic E-state index is -5.44. The lowest BCUT2D eigenvalue weighted by molar-refractivity contribution is 0.0848. The summed E-state index contributed by atoms with van der Waals surface area (Å²) in [5, 5.41) is 3.27. The van der Waals surface area contributed by atoms with Crippen molar-refractivity contribution in [1.29, 1.82) is 0 Å². The number of benzene rings is 4. The molecule has 0 saturated carbocycles. The summed E-state index contributed by atoms with van der Waals surface area (Å²) in [5.41, 5.74) is -2.97.